The highest BCUT2D eigenvalue weighted by atomic mass is 35.5. The van der Waals surface area contributed by atoms with Gasteiger partial charge in [0.15, 0.2) is 0 Å². The van der Waals surface area contributed by atoms with E-state index in [1.807, 2.05) is 12.1 Å². The first-order chi connectivity index (χ1) is 9.22. The van der Waals surface area contributed by atoms with E-state index in [1.54, 1.807) is 0 Å². The molecule has 3 rings (SSSR count). The Morgan fingerprint density at radius 2 is 1.89 bits per heavy atom. The predicted molar refractivity (Wildman–Crippen MR) is 80.1 cm³/mol. The molecule has 2 aromatic rings. The van der Waals surface area contributed by atoms with Gasteiger partial charge in [0.05, 0.1) is 10.7 Å². The van der Waals surface area contributed by atoms with Crippen molar-refractivity contribution in [3.8, 4) is 0 Å². The van der Waals surface area contributed by atoms with E-state index in [1.165, 1.54) is 16.7 Å². The number of hydrogen-bond donors (Lipinski definition) is 1. The molecule has 0 unspecified atom stereocenters. The van der Waals surface area contributed by atoms with Crippen LogP contribution in [-0.2, 0) is 19.5 Å². The summed E-state index contributed by atoms with van der Waals surface area (Å²) in [4.78, 5) is 2.45. The second-order valence-electron chi connectivity index (χ2n) is 5.09. The van der Waals surface area contributed by atoms with Crippen LogP contribution in [0.25, 0.3) is 0 Å². The van der Waals surface area contributed by atoms with Crippen LogP contribution in [0, 0.1) is 0 Å². The van der Waals surface area contributed by atoms with Gasteiger partial charge in [-0.3, -0.25) is 4.90 Å². The molecule has 0 aliphatic carbocycles. The zero-order valence-corrected chi connectivity index (χ0v) is 11.5. The van der Waals surface area contributed by atoms with E-state index >= 15 is 0 Å². The fourth-order valence-corrected chi connectivity index (χ4v) is 2.82. The molecule has 0 fully saturated rings. The van der Waals surface area contributed by atoms with Gasteiger partial charge in [0.25, 0.3) is 0 Å². The van der Waals surface area contributed by atoms with Gasteiger partial charge in [-0.15, -0.1) is 0 Å². The number of nitrogen functional groups attached to an aromatic ring is 1. The fraction of sp³-hybridized carbons (Fsp3) is 0.250. The van der Waals surface area contributed by atoms with Crippen molar-refractivity contribution in [3.63, 3.8) is 0 Å². The van der Waals surface area contributed by atoms with Gasteiger partial charge in [-0.2, -0.15) is 0 Å². The molecule has 0 amide bonds. The van der Waals surface area contributed by atoms with Crippen molar-refractivity contribution in [1.29, 1.82) is 0 Å². The number of rotatable bonds is 2. The minimum Gasteiger partial charge on any atom is -0.398 e. The number of nitrogens with two attached hydrogens (primary N) is 1. The topological polar surface area (TPSA) is 29.3 Å². The fourth-order valence-electron chi connectivity index (χ4n) is 2.62. The number of fused-ring (bicyclic) bond motifs is 1. The smallest absolute Gasteiger partial charge is 0.0638 e. The molecule has 2 N–H and O–H groups in total. The lowest BCUT2D eigenvalue weighted by atomic mass is 9.99. The third-order valence-electron chi connectivity index (χ3n) is 3.68. The Labute approximate surface area is 118 Å². The second kappa shape index (κ2) is 5.24. The minimum absolute atomic E-state index is 0.648. The predicted octanol–water partition coefficient (Wildman–Crippen LogP) is 3.48. The molecule has 0 radical (unpaired) electrons. The largest absolute Gasteiger partial charge is 0.398 e. The lowest BCUT2D eigenvalue weighted by Crippen LogP contribution is -2.29. The highest BCUT2D eigenvalue weighted by Crippen LogP contribution is 2.23. The van der Waals surface area contributed by atoms with Gasteiger partial charge in [-0.25, -0.2) is 0 Å². The Morgan fingerprint density at radius 3 is 2.68 bits per heavy atom. The highest BCUT2D eigenvalue weighted by molar-refractivity contribution is 6.33. The Hall–Kier alpha value is -1.51. The Bertz CT molecular complexity index is 595. The first-order valence-corrected chi connectivity index (χ1v) is 6.93. The molecule has 2 nitrogen and oxygen atoms in total. The molecule has 0 saturated heterocycles. The summed E-state index contributed by atoms with van der Waals surface area (Å²) in [6.07, 6.45) is 1.12. The molecule has 2 aromatic carbocycles. The van der Waals surface area contributed by atoms with Crippen LogP contribution in [0.5, 0.6) is 0 Å². The van der Waals surface area contributed by atoms with Crippen LogP contribution in [0.2, 0.25) is 5.02 Å². The van der Waals surface area contributed by atoms with E-state index in [9.17, 15) is 0 Å². The molecular formula is C16H17ClN2. The number of anilines is 1. The van der Waals surface area contributed by atoms with Gasteiger partial charge in [-0.1, -0.05) is 41.9 Å². The van der Waals surface area contributed by atoms with Gasteiger partial charge in [-0.05, 0) is 35.2 Å². The van der Waals surface area contributed by atoms with E-state index in [2.05, 4.69) is 35.2 Å². The van der Waals surface area contributed by atoms with Crippen LogP contribution in [0.15, 0.2) is 42.5 Å². The van der Waals surface area contributed by atoms with E-state index < -0.39 is 0 Å². The molecule has 1 aliphatic rings. The van der Waals surface area contributed by atoms with Gasteiger partial charge >= 0.3 is 0 Å². The lowest BCUT2D eigenvalue weighted by Gasteiger charge is -2.28. The first-order valence-electron chi connectivity index (χ1n) is 6.55. The Morgan fingerprint density at radius 1 is 1.11 bits per heavy atom. The average molecular weight is 273 g/mol. The van der Waals surface area contributed by atoms with Gasteiger partial charge in [0.1, 0.15) is 0 Å². The van der Waals surface area contributed by atoms with Crippen molar-refractivity contribution in [2.75, 3.05) is 12.3 Å². The lowest BCUT2D eigenvalue weighted by molar-refractivity contribution is 0.245. The highest BCUT2D eigenvalue weighted by Gasteiger charge is 2.15. The summed E-state index contributed by atoms with van der Waals surface area (Å²) in [7, 11) is 0. The zero-order valence-electron chi connectivity index (χ0n) is 10.8. The van der Waals surface area contributed by atoms with E-state index in [4.69, 9.17) is 17.3 Å². The van der Waals surface area contributed by atoms with Gasteiger partial charge in [0, 0.05) is 19.6 Å². The maximum atomic E-state index is 6.07. The van der Waals surface area contributed by atoms with E-state index in [-0.39, 0.29) is 0 Å². The molecular weight excluding hydrogens is 256 g/mol. The van der Waals surface area contributed by atoms with Crippen molar-refractivity contribution in [2.45, 2.75) is 19.5 Å². The van der Waals surface area contributed by atoms with Gasteiger partial charge < -0.3 is 5.73 Å². The molecule has 1 aliphatic heterocycles. The minimum atomic E-state index is 0.648. The number of hydrogen-bond acceptors (Lipinski definition) is 2. The number of nitrogens with zero attached hydrogens (tertiary/aromatic N) is 1. The summed E-state index contributed by atoms with van der Waals surface area (Å²) in [5, 5.41) is 0.648. The van der Waals surface area contributed by atoms with Crippen molar-refractivity contribution >= 4 is 17.3 Å². The maximum Gasteiger partial charge on any atom is 0.0638 e. The zero-order chi connectivity index (χ0) is 13.2. The maximum absolute atomic E-state index is 6.07. The quantitative estimate of drug-likeness (QED) is 0.848. The van der Waals surface area contributed by atoms with Crippen LogP contribution < -0.4 is 5.73 Å². The molecule has 0 bridgehead atoms. The Balaban J connectivity index is 1.73. The van der Waals surface area contributed by atoms with Crippen molar-refractivity contribution in [1.82, 2.24) is 4.90 Å². The molecule has 0 spiro atoms. The van der Waals surface area contributed by atoms with Crippen LogP contribution >= 0.6 is 11.6 Å². The summed E-state index contributed by atoms with van der Waals surface area (Å²) in [5.41, 5.74) is 10.5. The normalized spacial score (nSPS) is 15.2. The summed E-state index contributed by atoms with van der Waals surface area (Å²) in [5.74, 6) is 0. The standard InChI is InChI=1S/C16H17ClN2/c17-15-9-12(5-6-16(15)18)10-19-8-7-13-3-1-2-4-14(13)11-19/h1-6,9H,7-8,10-11,18H2. The molecule has 3 heteroatoms. The van der Waals surface area contributed by atoms with Crippen LogP contribution in [0.4, 0.5) is 5.69 Å². The monoisotopic (exact) mass is 272 g/mol. The summed E-state index contributed by atoms with van der Waals surface area (Å²) in [6.45, 7) is 3.03. The summed E-state index contributed by atoms with van der Waals surface area (Å²) in [6, 6.07) is 14.6. The van der Waals surface area contributed by atoms with E-state index in [0.717, 1.165) is 26.1 Å². The molecule has 0 aromatic heterocycles. The third-order valence-corrected chi connectivity index (χ3v) is 4.01. The molecule has 19 heavy (non-hydrogen) atoms. The third kappa shape index (κ3) is 2.75. The van der Waals surface area contributed by atoms with Crippen LogP contribution in [0.1, 0.15) is 16.7 Å². The summed E-state index contributed by atoms with van der Waals surface area (Å²) < 4.78 is 0. The Kier molecular flexibility index (Phi) is 3.45. The van der Waals surface area contributed by atoms with Crippen LogP contribution in [0.3, 0.4) is 0 Å². The first kappa shape index (κ1) is 12.5. The van der Waals surface area contributed by atoms with Crippen LogP contribution in [-0.4, -0.2) is 11.4 Å². The number of benzene rings is 2. The van der Waals surface area contributed by atoms with Gasteiger partial charge in [0.2, 0.25) is 0 Å². The SMILES string of the molecule is Nc1ccc(CN2CCc3ccccc3C2)cc1Cl. The van der Waals surface area contributed by atoms with Crippen molar-refractivity contribution in [2.24, 2.45) is 0 Å². The number of halogens is 1. The molecule has 1 heterocycles. The molecule has 98 valence electrons. The average Bonchev–Trinajstić information content (AvgIpc) is 2.43. The summed E-state index contributed by atoms with van der Waals surface area (Å²) >= 11 is 6.07. The second-order valence-corrected chi connectivity index (χ2v) is 5.49. The van der Waals surface area contributed by atoms with Crippen molar-refractivity contribution in [3.05, 3.63) is 64.2 Å². The van der Waals surface area contributed by atoms with E-state index in [0.29, 0.717) is 10.7 Å². The molecule has 0 saturated carbocycles. The molecule has 0 atom stereocenters. The van der Waals surface area contributed by atoms with Crippen molar-refractivity contribution < 1.29 is 0 Å².